The van der Waals surface area contributed by atoms with Gasteiger partial charge in [-0.3, -0.25) is 5.32 Å². The molecule has 0 fully saturated rings. The van der Waals surface area contributed by atoms with Crippen molar-refractivity contribution in [2.24, 2.45) is 0 Å². The van der Waals surface area contributed by atoms with Gasteiger partial charge in [0.05, 0.1) is 33.1 Å². The number of aliphatic hydroxyl groups is 1. The molecule has 0 atom stereocenters. The van der Waals surface area contributed by atoms with Gasteiger partial charge in [-0.15, -0.1) is 0 Å². The molecule has 148 valence electrons. The monoisotopic (exact) mass is 370 g/mol. The Bertz CT molecular complexity index is 546. The lowest BCUT2D eigenvalue weighted by Crippen LogP contribution is -2.27. The minimum atomic E-state index is -0.592. The molecule has 1 amide bonds. The molecule has 0 aliphatic heterocycles. The van der Waals surface area contributed by atoms with Crippen LogP contribution in [0.3, 0.4) is 0 Å². The van der Waals surface area contributed by atoms with Crippen LogP contribution in [0.15, 0.2) is 12.1 Å². The van der Waals surface area contributed by atoms with Crippen molar-refractivity contribution in [1.82, 2.24) is 5.32 Å². The van der Waals surface area contributed by atoms with Gasteiger partial charge in [0.15, 0.2) is 11.5 Å². The Hall–Kier alpha value is -2.19. The number of nitrogens with one attached hydrogen (secondary N) is 2. The van der Waals surface area contributed by atoms with Crippen LogP contribution in [0.5, 0.6) is 17.2 Å². The third-order valence-corrected chi connectivity index (χ3v) is 3.14. The Kier molecular flexibility index (Phi) is 9.01. The molecule has 0 aromatic heterocycles. The molecule has 26 heavy (non-hydrogen) atoms. The van der Waals surface area contributed by atoms with Gasteiger partial charge < -0.3 is 29.4 Å². The second-order valence-electron chi connectivity index (χ2n) is 6.51. The molecule has 8 heteroatoms. The molecule has 0 spiro atoms. The highest BCUT2D eigenvalue weighted by atomic mass is 16.6. The number of ether oxygens (including phenoxy) is 4. The van der Waals surface area contributed by atoms with E-state index < -0.39 is 11.7 Å². The third-order valence-electron chi connectivity index (χ3n) is 3.14. The zero-order valence-corrected chi connectivity index (χ0v) is 16.2. The number of hydrogen-bond acceptors (Lipinski definition) is 7. The zero-order valence-electron chi connectivity index (χ0n) is 16.2. The number of benzene rings is 1. The average molecular weight is 370 g/mol. The maximum atomic E-state index is 11.9. The summed E-state index contributed by atoms with van der Waals surface area (Å²) in [6, 6.07) is 3.29. The first-order valence-electron chi connectivity index (χ1n) is 8.51. The third kappa shape index (κ3) is 7.79. The molecule has 1 rings (SSSR count). The molecule has 3 N–H and O–H groups in total. The van der Waals surface area contributed by atoms with Gasteiger partial charge in [-0.2, -0.15) is 0 Å². The molecule has 8 nitrogen and oxygen atoms in total. The molecule has 0 aliphatic carbocycles. The number of carbonyl (C=O) groups is 1. The fourth-order valence-corrected chi connectivity index (χ4v) is 2.09. The molecular formula is C18H30N2O6. The Morgan fingerprint density at radius 1 is 1.12 bits per heavy atom. The van der Waals surface area contributed by atoms with E-state index in [1.54, 1.807) is 32.9 Å². The summed E-state index contributed by atoms with van der Waals surface area (Å²) >= 11 is 0. The summed E-state index contributed by atoms with van der Waals surface area (Å²) in [6.07, 6.45) is 0.190. The number of amides is 1. The van der Waals surface area contributed by atoms with E-state index in [2.05, 4.69) is 10.6 Å². The van der Waals surface area contributed by atoms with Crippen LogP contribution in [0.4, 0.5) is 10.5 Å². The first-order valence-corrected chi connectivity index (χ1v) is 8.51. The Balaban J connectivity index is 2.78. The van der Waals surface area contributed by atoms with Gasteiger partial charge >= 0.3 is 6.09 Å². The fourth-order valence-electron chi connectivity index (χ4n) is 2.09. The van der Waals surface area contributed by atoms with Crippen molar-refractivity contribution in [3.8, 4) is 17.2 Å². The SMILES string of the molecule is COc1cc(NC(=O)OC(C)(C)C)cc(OC)c1OCCCNCCO. The Morgan fingerprint density at radius 3 is 2.23 bits per heavy atom. The fraction of sp³-hybridized carbons (Fsp3) is 0.611. The summed E-state index contributed by atoms with van der Waals surface area (Å²) in [4.78, 5) is 11.9. The maximum absolute atomic E-state index is 11.9. The van der Waals surface area contributed by atoms with Crippen LogP contribution in [-0.2, 0) is 4.74 Å². The summed E-state index contributed by atoms with van der Waals surface area (Å²) in [5, 5.41) is 14.5. The van der Waals surface area contributed by atoms with E-state index in [0.717, 1.165) is 13.0 Å². The molecule has 0 aliphatic rings. The van der Waals surface area contributed by atoms with Gasteiger partial charge in [0.2, 0.25) is 5.75 Å². The van der Waals surface area contributed by atoms with Crippen LogP contribution in [-0.4, -0.2) is 57.3 Å². The smallest absolute Gasteiger partial charge is 0.412 e. The lowest BCUT2D eigenvalue weighted by atomic mass is 10.2. The number of hydrogen-bond donors (Lipinski definition) is 3. The van der Waals surface area contributed by atoms with Crippen molar-refractivity contribution in [3.63, 3.8) is 0 Å². The highest BCUT2D eigenvalue weighted by Crippen LogP contribution is 2.40. The highest BCUT2D eigenvalue weighted by Gasteiger charge is 2.19. The Morgan fingerprint density at radius 2 is 1.73 bits per heavy atom. The van der Waals surface area contributed by atoms with Crippen LogP contribution >= 0.6 is 0 Å². The summed E-state index contributed by atoms with van der Waals surface area (Å²) in [7, 11) is 3.03. The van der Waals surface area contributed by atoms with Gasteiger partial charge in [0.1, 0.15) is 5.60 Å². The van der Waals surface area contributed by atoms with Crippen LogP contribution in [0.2, 0.25) is 0 Å². The predicted octanol–water partition coefficient (Wildman–Crippen LogP) is 2.40. The van der Waals surface area contributed by atoms with E-state index in [4.69, 9.17) is 24.1 Å². The molecule has 1 aromatic rings. The van der Waals surface area contributed by atoms with Crippen LogP contribution in [0.25, 0.3) is 0 Å². The summed E-state index contributed by atoms with van der Waals surface area (Å²) in [5.74, 6) is 1.35. The molecule has 1 aromatic carbocycles. The normalized spacial score (nSPS) is 11.0. The molecular weight excluding hydrogens is 340 g/mol. The first-order chi connectivity index (χ1) is 12.3. The number of anilines is 1. The molecule has 0 saturated heterocycles. The molecule has 0 unspecified atom stereocenters. The van der Waals surface area contributed by atoms with Crippen molar-refractivity contribution < 1.29 is 28.8 Å². The number of rotatable bonds is 10. The van der Waals surface area contributed by atoms with Gasteiger partial charge in [0, 0.05) is 18.7 Å². The van der Waals surface area contributed by atoms with Gasteiger partial charge in [0.25, 0.3) is 0 Å². The standard InChI is InChI=1S/C18H30N2O6/c1-18(2,3)26-17(22)20-13-11-14(23-4)16(15(12-13)24-5)25-10-6-7-19-8-9-21/h11-12,19,21H,6-10H2,1-5H3,(H,20,22). The second kappa shape index (κ2) is 10.7. The highest BCUT2D eigenvalue weighted by molar-refractivity contribution is 5.86. The van der Waals surface area contributed by atoms with E-state index >= 15 is 0 Å². The lowest BCUT2D eigenvalue weighted by molar-refractivity contribution is 0.0636. The largest absolute Gasteiger partial charge is 0.493 e. The summed E-state index contributed by atoms with van der Waals surface area (Å²) in [6.45, 7) is 7.21. The van der Waals surface area contributed by atoms with Crippen LogP contribution < -0.4 is 24.8 Å². The van der Waals surface area contributed by atoms with Crippen molar-refractivity contribution in [1.29, 1.82) is 0 Å². The van der Waals surface area contributed by atoms with E-state index in [1.807, 2.05) is 0 Å². The number of aliphatic hydroxyl groups excluding tert-OH is 1. The molecule has 0 radical (unpaired) electrons. The van der Waals surface area contributed by atoms with E-state index in [0.29, 0.717) is 36.1 Å². The molecule has 0 bridgehead atoms. The van der Waals surface area contributed by atoms with E-state index in [1.165, 1.54) is 14.2 Å². The maximum Gasteiger partial charge on any atom is 0.412 e. The van der Waals surface area contributed by atoms with Crippen LogP contribution in [0.1, 0.15) is 27.2 Å². The Labute approximate surface area is 154 Å². The zero-order chi connectivity index (χ0) is 19.6. The minimum absolute atomic E-state index is 0.106. The molecule has 0 heterocycles. The first kappa shape index (κ1) is 21.9. The van der Waals surface area contributed by atoms with Crippen LogP contribution in [0, 0.1) is 0 Å². The van der Waals surface area contributed by atoms with E-state index in [9.17, 15) is 4.79 Å². The van der Waals surface area contributed by atoms with Gasteiger partial charge in [-0.1, -0.05) is 0 Å². The van der Waals surface area contributed by atoms with Gasteiger partial charge in [-0.05, 0) is 33.7 Å². The van der Waals surface area contributed by atoms with Crippen molar-refractivity contribution in [2.75, 3.05) is 45.8 Å². The summed E-state index contributed by atoms with van der Waals surface area (Å²) < 4.78 is 21.7. The van der Waals surface area contributed by atoms with Gasteiger partial charge in [-0.25, -0.2) is 4.79 Å². The van der Waals surface area contributed by atoms with Crippen molar-refractivity contribution >= 4 is 11.8 Å². The quantitative estimate of drug-likeness (QED) is 0.544. The summed E-state index contributed by atoms with van der Waals surface area (Å²) in [5.41, 5.74) is -0.115. The lowest BCUT2D eigenvalue weighted by Gasteiger charge is -2.20. The minimum Gasteiger partial charge on any atom is -0.493 e. The number of methoxy groups -OCH3 is 2. The van der Waals surface area contributed by atoms with Crippen molar-refractivity contribution in [2.45, 2.75) is 32.8 Å². The molecule has 0 saturated carbocycles. The average Bonchev–Trinajstić information content (AvgIpc) is 2.56. The van der Waals surface area contributed by atoms with E-state index in [-0.39, 0.29) is 6.61 Å². The number of carbonyl (C=O) groups excluding carboxylic acids is 1. The second-order valence-corrected chi connectivity index (χ2v) is 6.51. The topological polar surface area (TPSA) is 98.3 Å². The predicted molar refractivity (Wildman–Crippen MR) is 99.5 cm³/mol. The van der Waals surface area contributed by atoms with Crippen molar-refractivity contribution in [3.05, 3.63) is 12.1 Å².